The van der Waals surface area contributed by atoms with Gasteiger partial charge >= 0.3 is 0 Å². The average Bonchev–Trinajstić information content (AvgIpc) is 3.30. The van der Waals surface area contributed by atoms with Crippen LogP contribution in [0.2, 0.25) is 5.02 Å². The lowest BCUT2D eigenvalue weighted by atomic mass is 10.1. The number of nitrogens with one attached hydrogen (secondary N) is 1. The summed E-state index contributed by atoms with van der Waals surface area (Å²) in [6.07, 6.45) is 0. The molecule has 3 aromatic carbocycles. The van der Waals surface area contributed by atoms with Crippen molar-refractivity contribution in [1.82, 2.24) is 9.88 Å². The lowest BCUT2D eigenvalue weighted by Gasteiger charge is -2.36. The van der Waals surface area contributed by atoms with E-state index in [0.717, 1.165) is 5.69 Å². The zero-order valence-electron chi connectivity index (χ0n) is 19.1. The number of benzene rings is 3. The van der Waals surface area contributed by atoms with E-state index in [-0.39, 0.29) is 23.1 Å². The number of oxazole rings is 1. The molecule has 0 radical (unpaired) electrons. The van der Waals surface area contributed by atoms with Crippen molar-refractivity contribution in [1.29, 1.82) is 0 Å². The number of anilines is 2. The minimum Gasteiger partial charge on any atom is -0.431 e. The number of amides is 2. The van der Waals surface area contributed by atoms with Gasteiger partial charge in [-0.15, -0.1) is 0 Å². The smallest absolute Gasteiger partial charge is 0.257 e. The second-order valence-corrected chi connectivity index (χ2v) is 9.60. The van der Waals surface area contributed by atoms with E-state index in [9.17, 15) is 14.0 Å². The monoisotopic (exact) mass is 524 g/mol. The van der Waals surface area contributed by atoms with Gasteiger partial charge in [0.2, 0.25) is 5.91 Å². The number of carbonyl (C=O) groups excluding carboxylic acids is 2. The summed E-state index contributed by atoms with van der Waals surface area (Å²) in [4.78, 5) is 33.2. The normalized spacial score (nSPS) is 13.7. The van der Waals surface area contributed by atoms with Crippen molar-refractivity contribution in [3.8, 4) is 0 Å². The Bertz CT molecular complexity index is 1400. The number of carbonyl (C=O) groups is 2. The number of piperazine rings is 1. The van der Waals surface area contributed by atoms with Gasteiger partial charge < -0.3 is 19.5 Å². The lowest BCUT2D eigenvalue weighted by molar-refractivity contribution is -0.113. The van der Waals surface area contributed by atoms with Crippen molar-refractivity contribution in [3.63, 3.8) is 0 Å². The highest BCUT2D eigenvalue weighted by molar-refractivity contribution is 7.99. The first-order valence-electron chi connectivity index (χ1n) is 11.3. The average molecular weight is 525 g/mol. The number of aromatic nitrogens is 1. The maximum Gasteiger partial charge on any atom is 0.257 e. The molecule has 184 valence electrons. The van der Waals surface area contributed by atoms with Gasteiger partial charge in [0.1, 0.15) is 11.3 Å². The van der Waals surface area contributed by atoms with Crippen LogP contribution in [0.5, 0.6) is 0 Å². The molecule has 0 unspecified atom stereocenters. The number of fused-ring (bicyclic) bond motifs is 1. The van der Waals surface area contributed by atoms with Crippen LogP contribution in [-0.2, 0) is 4.79 Å². The van der Waals surface area contributed by atoms with Crippen LogP contribution in [0.25, 0.3) is 11.1 Å². The molecule has 0 atom stereocenters. The molecule has 1 aromatic heterocycles. The molecule has 36 heavy (non-hydrogen) atoms. The molecule has 1 N–H and O–H groups in total. The number of nitrogens with zero attached hydrogens (tertiary/aromatic N) is 3. The molecule has 0 spiro atoms. The minimum atomic E-state index is -0.500. The maximum absolute atomic E-state index is 14.0. The van der Waals surface area contributed by atoms with E-state index >= 15 is 0 Å². The van der Waals surface area contributed by atoms with E-state index in [1.807, 2.05) is 24.3 Å². The van der Waals surface area contributed by atoms with Gasteiger partial charge in [0.05, 0.1) is 11.3 Å². The molecule has 2 heterocycles. The number of hydrogen-bond acceptors (Lipinski definition) is 6. The predicted octanol–water partition coefficient (Wildman–Crippen LogP) is 5.31. The molecule has 0 bridgehead atoms. The molecule has 1 aliphatic rings. The predicted molar refractivity (Wildman–Crippen MR) is 139 cm³/mol. The molecule has 1 aliphatic heterocycles. The van der Waals surface area contributed by atoms with Crippen molar-refractivity contribution in [2.24, 2.45) is 0 Å². The molecule has 0 saturated carbocycles. The molecular formula is C26H22ClFN4O3S. The van der Waals surface area contributed by atoms with E-state index in [1.54, 1.807) is 35.2 Å². The first-order chi connectivity index (χ1) is 17.5. The summed E-state index contributed by atoms with van der Waals surface area (Å²) < 4.78 is 19.6. The summed E-state index contributed by atoms with van der Waals surface area (Å²) in [5.41, 5.74) is 3.05. The highest BCUT2D eigenvalue weighted by Crippen LogP contribution is 2.26. The van der Waals surface area contributed by atoms with Gasteiger partial charge in [0.15, 0.2) is 5.58 Å². The Morgan fingerprint density at radius 3 is 2.53 bits per heavy atom. The fraction of sp³-hybridized carbons (Fsp3) is 0.192. The van der Waals surface area contributed by atoms with Crippen molar-refractivity contribution in [3.05, 3.63) is 83.1 Å². The highest BCUT2D eigenvalue weighted by Gasteiger charge is 2.24. The summed E-state index contributed by atoms with van der Waals surface area (Å²) in [6, 6.07) is 18.8. The van der Waals surface area contributed by atoms with Gasteiger partial charge in [-0.25, -0.2) is 9.37 Å². The largest absolute Gasteiger partial charge is 0.431 e. The molecule has 0 aliphatic carbocycles. The Labute approximate surface area is 216 Å². The molecule has 5 rings (SSSR count). The summed E-state index contributed by atoms with van der Waals surface area (Å²) >= 11 is 7.18. The number of hydrogen-bond donors (Lipinski definition) is 1. The van der Waals surface area contributed by atoms with Gasteiger partial charge in [0, 0.05) is 42.6 Å². The van der Waals surface area contributed by atoms with Crippen LogP contribution in [0.1, 0.15) is 10.4 Å². The SMILES string of the molecule is O=C(CSc1nc2cc(Cl)ccc2o1)Nc1ccc(N2CCN(C(=O)c3ccccc3F)CC2)cc1. The summed E-state index contributed by atoms with van der Waals surface area (Å²) in [7, 11) is 0. The Hall–Kier alpha value is -3.56. The molecule has 10 heteroatoms. The van der Waals surface area contributed by atoms with Gasteiger partial charge in [-0.3, -0.25) is 9.59 Å². The topological polar surface area (TPSA) is 78.7 Å². The fourth-order valence-corrected chi connectivity index (χ4v) is 4.80. The highest BCUT2D eigenvalue weighted by atomic mass is 35.5. The summed E-state index contributed by atoms with van der Waals surface area (Å²) in [5.74, 6) is -0.807. The molecule has 1 fully saturated rings. The van der Waals surface area contributed by atoms with Crippen molar-refractivity contribution in [2.45, 2.75) is 5.22 Å². The van der Waals surface area contributed by atoms with Crippen LogP contribution in [0.4, 0.5) is 15.8 Å². The van der Waals surface area contributed by atoms with Crippen LogP contribution in [0, 0.1) is 5.82 Å². The Kier molecular flexibility index (Phi) is 7.11. The molecule has 1 saturated heterocycles. The summed E-state index contributed by atoms with van der Waals surface area (Å²) in [6.45, 7) is 2.28. The zero-order valence-corrected chi connectivity index (χ0v) is 20.7. The first-order valence-corrected chi connectivity index (χ1v) is 12.7. The van der Waals surface area contributed by atoms with Gasteiger partial charge in [-0.05, 0) is 54.6 Å². The third-order valence-corrected chi connectivity index (χ3v) is 6.91. The maximum atomic E-state index is 14.0. The quantitative estimate of drug-likeness (QED) is 0.344. The van der Waals surface area contributed by atoms with Crippen LogP contribution >= 0.6 is 23.4 Å². The van der Waals surface area contributed by atoms with Crippen molar-refractivity contribution in [2.75, 3.05) is 42.1 Å². The zero-order chi connectivity index (χ0) is 25.1. The third-order valence-electron chi connectivity index (χ3n) is 5.84. The Morgan fingerprint density at radius 2 is 1.78 bits per heavy atom. The number of halogens is 2. The van der Waals surface area contributed by atoms with Crippen LogP contribution in [-0.4, -0.2) is 53.6 Å². The number of rotatable bonds is 6. The molecule has 4 aromatic rings. The van der Waals surface area contributed by atoms with Crippen LogP contribution in [0.15, 0.2) is 76.4 Å². The van der Waals surface area contributed by atoms with E-state index in [2.05, 4.69) is 15.2 Å². The molecule has 7 nitrogen and oxygen atoms in total. The van der Waals surface area contributed by atoms with E-state index in [1.165, 1.54) is 23.9 Å². The number of thioether (sulfide) groups is 1. The Morgan fingerprint density at radius 1 is 1.03 bits per heavy atom. The van der Waals surface area contributed by atoms with E-state index < -0.39 is 5.82 Å². The van der Waals surface area contributed by atoms with Gasteiger partial charge in [-0.2, -0.15) is 0 Å². The summed E-state index contributed by atoms with van der Waals surface area (Å²) in [5, 5.41) is 3.86. The van der Waals surface area contributed by atoms with Crippen LogP contribution in [0.3, 0.4) is 0 Å². The second kappa shape index (κ2) is 10.6. The third kappa shape index (κ3) is 5.47. The van der Waals surface area contributed by atoms with Crippen LogP contribution < -0.4 is 10.2 Å². The fourth-order valence-electron chi connectivity index (χ4n) is 3.99. The second-order valence-electron chi connectivity index (χ2n) is 8.23. The molecule has 2 amide bonds. The van der Waals surface area contributed by atoms with Crippen molar-refractivity contribution < 1.29 is 18.4 Å². The van der Waals surface area contributed by atoms with E-state index in [4.69, 9.17) is 16.0 Å². The van der Waals surface area contributed by atoms with Gasteiger partial charge in [0.25, 0.3) is 11.1 Å². The van der Waals surface area contributed by atoms with Crippen molar-refractivity contribution >= 4 is 57.7 Å². The van der Waals surface area contributed by atoms with E-state index in [0.29, 0.717) is 53.2 Å². The first kappa shape index (κ1) is 24.1. The molecular weight excluding hydrogens is 503 g/mol. The Balaban J connectivity index is 1.11. The minimum absolute atomic E-state index is 0.102. The lowest BCUT2D eigenvalue weighted by Crippen LogP contribution is -2.49. The standard InChI is InChI=1S/C26H22ClFN4O3S/c27-17-5-10-23-22(15-17)30-26(35-23)36-16-24(33)29-18-6-8-19(9-7-18)31-11-13-32(14-12-31)25(34)20-3-1-2-4-21(20)28/h1-10,15H,11-14,16H2,(H,29,33). The van der Waals surface area contributed by atoms with Gasteiger partial charge in [-0.1, -0.05) is 35.5 Å².